The molecule has 0 aliphatic rings. The van der Waals surface area contributed by atoms with Crippen molar-refractivity contribution in [3.63, 3.8) is 0 Å². The molecule has 0 heterocycles. The first-order valence-corrected chi connectivity index (χ1v) is 36.0. The third-order valence-electron chi connectivity index (χ3n) is 15.5. The predicted octanol–water partition coefficient (Wildman–Crippen LogP) is 21.2. The van der Waals surface area contributed by atoms with Crippen LogP contribution in [0.25, 0.3) is 0 Å². The van der Waals surface area contributed by atoms with Crippen LogP contribution in [0.1, 0.15) is 309 Å². The molecule has 0 saturated carbocycles. The van der Waals surface area contributed by atoms with Crippen LogP contribution in [-0.2, 0) is 33.3 Å². The molecule has 9 nitrogen and oxygen atoms in total. The molecule has 0 amide bonds. The van der Waals surface area contributed by atoms with E-state index in [9.17, 15) is 19.5 Å². The van der Waals surface area contributed by atoms with E-state index in [1.54, 1.807) is 0 Å². The van der Waals surface area contributed by atoms with Crippen molar-refractivity contribution in [2.24, 2.45) is 0 Å². The number of nitrogens with zero attached hydrogens (tertiary/aromatic N) is 1. The van der Waals surface area contributed by atoms with E-state index in [0.29, 0.717) is 17.4 Å². The van der Waals surface area contributed by atoms with Crippen molar-refractivity contribution in [1.82, 2.24) is 0 Å². The van der Waals surface area contributed by atoms with E-state index in [1.165, 1.54) is 186 Å². The lowest BCUT2D eigenvalue weighted by Crippen LogP contribution is -2.44. The highest BCUT2D eigenvalue weighted by Crippen LogP contribution is 2.17. The zero-order valence-electron chi connectivity index (χ0n) is 57.1. The Balaban J connectivity index is 4.07. The number of carbonyl (C=O) groups excluding carboxylic acids is 3. The molecule has 0 rings (SSSR count). The molecule has 0 spiro atoms. The van der Waals surface area contributed by atoms with Crippen LogP contribution in [0.2, 0.25) is 0 Å². The molecule has 0 aliphatic carbocycles. The molecule has 0 aromatic rings. The van der Waals surface area contributed by atoms with E-state index in [4.69, 9.17) is 18.9 Å². The van der Waals surface area contributed by atoms with Crippen molar-refractivity contribution < 1.29 is 42.9 Å². The monoisotopic (exact) mass is 1210 g/mol. The Labute approximate surface area is 536 Å². The van der Waals surface area contributed by atoms with E-state index in [0.717, 1.165) is 89.9 Å². The Bertz CT molecular complexity index is 1800. The molecular weight excluding hydrogens is 1080 g/mol. The number of allylic oxidation sites excluding steroid dienone is 18. The number of unbranched alkanes of at least 4 members (excludes halogenated alkanes) is 33. The van der Waals surface area contributed by atoms with Gasteiger partial charge in [-0.3, -0.25) is 9.59 Å². The summed E-state index contributed by atoms with van der Waals surface area (Å²) in [5.74, 6) is -2.28. The van der Waals surface area contributed by atoms with Crippen LogP contribution >= 0.6 is 0 Å². The first-order chi connectivity index (χ1) is 42.6. The van der Waals surface area contributed by atoms with Crippen molar-refractivity contribution in [2.75, 3.05) is 47.5 Å². The van der Waals surface area contributed by atoms with Crippen molar-refractivity contribution in [2.45, 2.75) is 322 Å². The summed E-state index contributed by atoms with van der Waals surface area (Å²) in [6.07, 6.45) is 91.7. The van der Waals surface area contributed by atoms with E-state index >= 15 is 0 Å². The van der Waals surface area contributed by atoms with Gasteiger partial charge in [-0.05, 0) is 103 Å². The molecule has 0 bridgehead atoms. The van der Waals surface area contributed by atoms with Crippen LogP contribution in [0.5, 0.6) is 0 Å². The summed E-state index contributed by atoms with van der Waals surface area (Å²) in [6.45, 7) is 4.65. The molecule has 9 heteroatoms. The number of carboxylic acid groups (broad SMARTS) is 1. The van der Waals surface area contributed by atoms with E-state index < -0.39 is 24.3 Å². The minimum Gasteiger partial charge on any atom is -0.545 e. The Morgan fingerprint density at radius 2 is 0.655 bits per heavy atom. The Morgan fingerprint density at radius 1 is 0.356 bits per heavy atom. The Hall–Kier alpha value is -4.05. The van der Waals surface area contributed by atoms with Crippen LogP contribution < -0.4 is 5.11 Å². The molecule has 0 aromatic heterocycles. The SMILES string of the molecule is CC/C=C\C/C=C\C/C=C\C/C=C\C/C=C\C/C=C\C/C=C\CCCCCCCCCCCCCCCCCCCC(=O)OC(COC(=O)CCCCCCCCCCCCC/C=C\C/C=C\CCCCCCC)COC(OCC[N+](C)(C)C)C(=O)[O-]. The standard InChI is InChI=1S/C78H135NO8/c1-6-8-10-12-14-16-18-20-22-24-26-28-30-31-32-33-34-35-36-37-38-39-40-41-42-43-44-45-47-49-51-53-55-57-59-61-63-65-67-69-76(81)87-74(73-86-78(77(82)83)84-71-70-79(3,4)5)72-85-75(80)68-66-64-62-60-58-56-54-52-50-48-46-29-27-25-23-21-19-17-15-13-11-9-7-2/h8,10,14,16,19-22,25-28,31-32,34-35,37-38,74,78H,6-7,9,11-13,15,17-18,23-24,29-30,33,36,39-73H2,1-5H3/b10-8-,16-14-,21-19-,22-20-,27-25-,28-26-,32-31-,35-34-,38-37-. The minimum absolute atomic E-state index is 0.145. The number of esters is 2. The van der Waals surface area contributed by atoms with Gasteiger partial charge in [0.2, 0.25) is 0 Å². The lowest BCUT2D eigenvalue weighted by Gasteiger charge is -2.26. The minimum atomic E-state index is -1.63. The summed E-state index contributed by atoms with van der Waals surface area (Å²) < 4.78 is 22.8. The lowest BCUT2D eigenvalue weighted by molar-refractivity contribution is -0.870. The number of carboxylic acids is 1. The molecule has 0 N–H and O–H groups in total. The molecule has 0 fully saturated rings. The molecule has 500 valence electrons. The highest BCUT2D eigenvalue weighted by atomic mass is 16.7. The van der Waals surface area contributed by atoms with Gasteiger partial charge < -0.3 is 33.3 Å². The number of carbonyl (C=O) groups is 3. The van der Waals surface area contributed by atoms with Gasteiger partial charge in [0.15, 0.2) is 12.4 Å². The zero-order valence-corrected chi connectivity index (χ0v) is 57.1. The first kappa shape index (κ1) is 83.0. The Morgan fingerprint density at radius 3 is 0.977 bits per heavy atom. The number of hydrogen-bond donors (Lipinski definition) is 0. The maximum Gasteiger partial charge on any atom is 0.306 e. The van der Waals surface area contributed by atoms with Crippen LogP contribution in [0.3, 0.4) is 0 Å². The van der Waals surface area contributed by atoms with E-state index in [1.807, 2.05) is 21.1 Å². The van der Waals surface area contributed by atoms with Crippen LogP contribution in [0.15, 0.2) is 109 Å². The van der Waals surface area contributed by atoms with E-state index in [2.05, 4.69) is 123 Å². The van der Waals surface area contributed by atoms with Gasteiger partial charge in [-0.15, -0.1) is 0 Å². The molecular formula is C78H135NO8. The van der Waals surface area contributed by atoms with Crippen LogP contribution in [0, 0.1) is 0 Å². The van der Waals surface area contributed by atoms with Gasteiger partial charge in [0.25, 0.3) is 0 Å². The summed E-state index contributed by atoms with van der Waals surface area (Å²) in [4.78, 5) is 37.5. The second-order valence-corrected chi connectivity index (χ2v) is 25.1. The zero-order chi connectivity index (χ0) is 63.3. The number of hydrogen-bond acceptors (Lipinski definition) is 8. The van der Waals surface area contributed by atoms with Gasteiger partial charge in [-0.2, -0.15) is 0 Å². The largest absolute Gasteiger partial charge is 0.545 e. The summed E-state index contributed by atoms with van der Waals surface area (Å²) in [7, 11) is 5.93. The average molecular weight is 1210 g/mol. The van der Waals surface area contributed by atoms with Gasteiger partial charge >= 0.3 is 11.9 Å². The number of aliphatic carboxylic acids is 1. The van der Waals surface area contributed by atoms with Gasteiger partial charge in [-0.1, -0.05) is 303 Å². The van der Waals surface area contributed by atoms with Gasteiger partial charge in [0, 0.05) is 12.8 Å². The molecule has 0 aliphatic heterocycles. The first-order valence-electron chi connectivity index (χ1n) is 36.0. The third kappa shape index (κ3) is 69.3. The summed E-state index contributed by atoms with van der Waals surface area (Å²) in [5, 5.41) is 11.8. The molecule has 0 radical (unpaired) electrons. The molecule has 0 aromatic carbocycles. The number of ether oxygens (including phenoxy) is 4. The predicted molar refractivity (Wildman–Crippen MR) is 370 cm³/mol. The molecule has 2 unspecified atom stereocenters. The fourth-order valence-corrected chi connectivity index (χ4v) is 10.0. The van der Waals surface area contributed by atoms with Crippen molar-refractivity contribution in [3.8, 4) is 0 Å². The fourth-order valence-electron chi connectivity index (χ4n) is 10.0. The van der Waals surface area contributed by atoms with Gasteiger partial charge in [-0.25, -0.2) is 0 Å². The van der Waals surface area contributed by atoms with Gasteiger partial charge in [0.05, 0.1) is 40.3 Å². The highest BCUT2D eigenvalue weighted by Gasteiger charge is 2.22. The molecule has 2 atom stereocenters. The summed E-state index contributed by atoms with van der Waals surface area (Å²) in [6, 6.07) is 0. The number of quaternary nitrogens is 1. The highest BCUT2D eigenvalue weighted by molar-refractivity contribution is 5.70. The van der Waals surface area contributed by atoms with Crippen molar-refractivity contribution in [3.05, 3.63) is 109 Å². The lowest BCUT2D eigenvalue weighted by atomic mass is 10.0. The van der Waals surface area contributed by atoms with Gasteiger partial charge in [0.1, 0.15) is 13.2 Å². The number of rotatable bonds is 66. The summed E-state index contributed by atoms with van der Waals surface area (Å²) >= 11 is 0. The maximum absolute atomic E-state index is 12.9. The van der Waals surface area contributed by atoms with Crippen molar-refractivity contribution >= 4 is 17.9 Å². The third-order valence-corrected chi connectivity index (χ3v) is 15.5. The van der Waals surface area contributed by atoms with Crippen LogP contribution in [0.4, 0.5) is 0 Å². The summed E-state index contributed by atoms with van der Waals surface area (Å²) in [5.41, 5.74) is 0. The normalized spacial score (nSPS) is 13.3. The van der Waals surface area contributed by atoms with E-state index in [-0.39, 0.29) is 38.6 Å². The average Bonchev–Trinajstić information content (AvgIpc) is 3.55. The molecule has 0 saturated heterocycles. The Kier molecular flexibility index (Phi) is 64.7. The maximum atomic E-state index is 12.9. The topological polar surface area (TPSA) is 111 Å². The quantitative estimate of drug-likeness (QED) is 0.0195. The van der Waals surface area contributed by atoms with Crippen LogP contribution in [-0.4, -0.2) is 82.3 Å². The molecule has 87 heavy (non-hydrogen) atoms. The number of likely N-dealkylation sites (N-methyl/N-ethyl adjacent to an activating group) is 1. The second kappa shape index (κ2) is 67.9. The van der Waals surface area contributed by atoms with Crippen molar-refractivity contribution in [1.29, 1.82) is 0 Å². The fraction of sp³-hybridized carbons (Fsp3) is 0.731. The smallest absolute Gasteiger partial charge is 0.306 e. The second-order valence-electron chi connectivity index (χ2n) is 25.1.